The van der Waals surface area contributed by atoms with Crippen molar-refractivity contribution in [2.24, 2.45) is 0 Å². The highest BCUT2D eigenvalue weighted by atomic mass is 79.9. The lowest BCUT2D eigenvalue weighted by atomic mass is 9.78. The highest BCUT2D eigenvalue weighted by Gasteiger charge is 2.50. The van der Waals surface area contributed by atoms with Crippen LogP contribution in [0.3, 0.4) is 0 Å². The molecule has 4 rings (SSSR count). The molecule has 0 spiro atoms. The van der Waals surface area contributed by atoms with Crippen LogP contribution in [0.5, 0.6) is 5.75 Å². The average molecular weight is 491 g/mol. The fourth-order valence-electron chi connectivity index (χ4n) is 4.04. The van der Waals surface area contributed by atoms with Gasteiger partial charge in [0.05, 0.1) is 23.9 Å². The van der Waals surface area contributed by atoms with E-state index in [-0.39, 0.29) is 5.91 Å². The topological polar surface area (TPSA) is 29.5 Å². The van der Waals surface area contributed by atoms with Crippen molar-refractivity contribution < 1.29 is 9.53 Å². The summed E-state index contributed by atoms with van der Waals surface area (Å²) in [6, 6.07) is 18.9. The lowest BCUT2D eigenvalue weighted by Gasteiger charge is -2.25. The molecule has 1 unspecified atom stereocenters. The normalized spacial score (nSPS) is 18.1. The van der Waals surface area contributed by atoms with Crippen LogP contribution in [0.15, 0.2) is 65.1 Å². The Labute approximate surface area is 188 Å². The summed E-state index contributed by atoms with van der Waals surface area (Å²) < 4.78 is 6.63. The van der Waals surface area contributed by atoms with E-state index in [9.17, 15) is 4.79 Å². The zero-order chi connectivity index (χ0) is 20.8. The van der Waals surface area contributed by atoms with E-state index in [1.54, 1.807) is 30.2 Å². The van der Waals surface area contributed by atoms with Crippen LogP contribution in [-0.4, -0.2) is 13.0 Å². The number of amides is 1. The first-order valence-electron chi connectivity index (χ1n) is 9.06. The number of fused-ring (bicyclic) bond motifs is 1. The molecule has 0 radical (unpaired) electrons. The molecule has 0 saturated carbocycles. The van der Waals surface area contributed by atoms with Crippen LogP contribution in [0.25, 0.3) is 0 Å². The summed E-state index contributed by atoms with van der Waals surface area (Å²) in [5.74, 6) is 0.638. The minimum Gasteiger partial charge on any atom is -0.496 e. The second-order valence-electron chi connectivity index (χ2n) is 7.26. The monoisotopic (exact) mass is 489 g/mol. The molecule has 0 aliphatic carbocycles. The van der Waals surface area contributed by atoms with Crippen LogP contribution in [0.4, 0.5) is 11.4 Å². The van der Waals surface area contributed by atoms with Crippen molar-refractivity contribution in [1.29, 1.82) is 0 Å². The van der Waals surface area contributed by atoms with Gasteiger partial charge in [-0.3, -0.25) is 9.69 Å². The van der Waals surface area contributed by atoms with Crippen molar-refractivity contribution in [3.63, 3.8) is 0 Å². The molecule has 0 fully saturated rings. The molecule has 6 heteroatoms. The summed E-state index contributed by atoms with van der Waals surface area (Å²) in [6.07, 6.45) is 0.531. The molecule has 29 heavy (non-hydrogen) atoms. The Bertz CT molecular complexity index is 1100. The zero-order valence-electron chi connectivity index (χ0n) is 15.9. The second-order valence-corrected chi connectivity index (χ2v) is 9.05. The summed E-state index contributed by atoms with van der Waals surface area (Å²) >= 11 is 16.0. The number of halogens is 3. The Balaban J connectivity index is 1.91. The summed E-state index contributed by atoms with van der Waals surface area (Å²) in [5, 5.41) is 0.954. The number of rotatable bonds is 4. The van der Waals surface area contributed by atoms with E-state index >= 15 is 0 Å². The number of ether oxygens (including phenoxy) is 1. The van der Waals surface area contributed by atoms with E-state index in [4.69, 9.17) is 27.9 Å². The maximum absolute atomic E-state index is 13.8. The van der Waals surface area contributed by atoms with Gasteiger partial charge in [-0.05, 0) is 61.4 Å². The molecular weight excluding hydrogens is 473 g/mol. The van der Waals surface area contributed by atoms with E-state index in [0.717, 1.165) is 21.3 Å². The van der Waals surface area contributed by atoms with E-state index < -0.39 is 5.41 Å². The third-order valence-corrected chi connectivity index (χ3v) is 6.17. The molecule has 1 aliphatic rings. The van der Waals surface area contributed by atoms with Gasteiger partial charge in [0.15, 0.2) is 0 Å². The molecule has 0 bridgehead atoms. The predicted molar refractivity (Wildman–Crippen MR) is 122 cm³/mol. The minimum absolute atomic E-state index is 0.0460. The van der Waals surface area contributed by atoms with Gasteiger partial charge in [-0.25, -0.2) is 0 Å². The van der Waals surface area contributed by atoms with Gasteiger partial charge in [-0.2, -0.15) is 0 Å². The lowest BCUT2D eigenvalue weighted by Crippen LogP contribution is -2.37. The van der Waals surface area contributed by atoms with Gasteiger partial charge in [0, 0.05) is 20.1 Å². The first-order valence-corrected chi connectivity index (χ1v) is 10.6. The third-order valence-electron chi connectivity index (χ3n) is 5.24. The molecule has 3 aromatic rings. The number of carbonyl (C=O) groups is 1. The Morgan fingerprint density at radius 2 is 1.72 bits per heavy atom. The van der Waals surface area contributed by atoms with E-state index in [0.29, 0.717) is 27.9 Å². The number of hydrogen-bond donors (Lipinski definition) is 0. The minimum atomic E-state index is -0.808. The van der Waals surface area contributed by atoms with Gasteiger partial charge >= 0.3 is 0 Å². The Morgan fingerprint density at radius 1 is 1.03 bits per heavy atom. The molecule has 1 amide bonds. The molecule has 0 saturated heterocycles. The molecule has 1 aliphatic heterocycles. The molecule has 1 heterocycles. The lowest BCUT2D eigenvalue weighted by molar-refractivity contribution is -0.122. The van der Waals surface area contributed by atoms with E-state index in [1.165, 1.54) is 0 Å². The number of carbonyl (C=O) groups excluding carboxylic acids is 1. The van der Waals surface area contributed by atoms with Gasteiger partial charge in [-0.1, -0.05) is 57.3 Å². The SMILES string of the molecule is COc1cccc2c1C(C)(Cc1cccc(Br)c1)C(=O)N2c1cc(Cl)cc(Cl)c1. The maximum Gasteiger partial charge on any atom is 0.242 e. The number of hydrogen-bond acceptors (Lipinski definition) is 2. The van der Waals surface area contributed by atoms with Gasteiger partial charge in [0.2, 0.25) is 5.91 Å². The number of anilines is 2. The second kappa shape index (κ2) is 7.67. The first kappa shape index (κ1) is 20.3. The largest absolute Gasteiger partial charge is 0.496 e. The van der Waals surface area contributed by atoms with Crippen molar-refractivity contribution in [3.05, 3.63) is 86.3 Å². The Morgan fingerprint density at radius 3 is 2.38 bits per heavy atom. The van der Waals surface area contributed by atoms with E-state index in [2.05, 4.69) is 15.9 Å². The van der Waals surface area contributed by atoms with Crippen LogP contribution >= 0.6 is 39.1 Å². The van der Waals surface area contributed by atoms with Crippen LogP contribution in [0.2, 0.25) is 10.0 Å². The molecule has 1 atom stereocenters. The summed E-state index contributed by atoms with van der Waals surface area (Å²) in [7, 11) is 1.62. The number of methoxy groups -OCH3 is 1. The molecule has 3 nitrogen and oxygen atoms in total. The van der Waals surface area contributed by atoms with Gasteiger partial charge in [-0.15, -0.1) is 0 Å². The highest BCUT2D eigenvalue weighted by molar-refractivity contribution is 9.10. The smallest absolute Gasteiger partial charge is 0.242 e. The summed E-state index contributed by atoms with van der Waals surface area (Å²) in [5.41, 5.74) is 2.53. The van der Waals surface area contributed by atoms with Crippen molar-refractivity contribution in [1.82, 2.24) is 0 Å². The Hall–Kier alpha value is -2.01. The van der Waals surface area contributed by atoms with Crippen LogP contribution < -0.4 is 9.64 Å². The van der Waals surface area contributed by atoms with Crippen molar-refractivity contribution in [3.8, 4) is 5.75 Å². The summed E-state index contributed by atoms with van der Waals surface area (Å²) in [6.45, 7) is 1.96. The fourth-order valence-corrected chi connectivity index (χ4v) is 5.00. The molecular formula is C23H18BrCl2NO2. The quantitative estimate of drug-likeness (QED) is 0.396. The molecule has 148 valence electrons. The van der Waals surface area contributed by atoms with E-state index in [1.807, 2.05) is 49.4 Å². The van der Waals surface area contributed by atoms with Crippen LogP contribution in [0, 0.1) is 0 Å². The maximum atomic E-state index is 13.8. The van der Waals surface area contributed by atoms with Gasteiger partial charge < -0.3 is 4.74 Å². The van der Waals surface area contributed by atoms with Crippen molar-refractivity contribution in [2.45, 2.75) is 18.8 Å². The van der Waals surface area contributed by atoms with Crippen molar-refractivity contribution in [2.75, 3.05) is 12.0 Å². The predicted octanol–water partition coefficient (Wildman–Crippen LogP) is 6.94. The molecule has 3 aromatic carbocycles. The van der Waals surface area contributed by atoms with Crippen molar-refractivity contribution >= 4 is 56.4 Å². The Kier molecular flexibility index (Phi) is 5.36. The third kappa shape index (κ3) is 3.54. The van der Waals surface area contributed by atoms with Gasteiger partial charge in [0.25, 0.3) is 0 Å². The zero-order valence-corrected chi connectivity index (χ0v) is 19.0. The number of benzene rings is 3. The summed E-state index contributed by atoms with van der Waals surface area (Å²) in [4.78, 5) is 15.5. The number of nitrogens with zero attached hydrogens (tertiary/aromatic N) is 1. The fraction of sp³-hybridized carbons (Fsp3) is 0.174. The molecule has 0 N–H and O–H groups in total. The average Bonchev–Trinajstić information content (AvgIpc) is 2.88. The van der Waals surface area contributed by atoms with Crippen LogP contribution in [-0.2, 0) is 16.6 Å². The first-order chi connectivity index (χ1) is 13.8. The molecule has 0 aromatic heterocycles. The van der Waals surface area contributed by atoms with Crippen LogP contribution in [0.1, 0.15) is 18.1 Å². The van der Waals surface area contributed by atoms with Gasteiger partial charge in [0.1, 0.15) is 5.75 Å². The standard InChI is InChI=1S/C23H18BrCl2NO2/c1-23(13-14-5-3-6-15(24)9-14)21-19(7-4-8-20(21)29-2)27(22(23)28)18-11-16(25)10-17(26)12-18/h3-12H,13H2,1-2H3. The highest BCUT2D eigenvalue weighted by Crippen LogP contribution is 2.51.